The minimum Gasteiger partial charge on any atom is -0.475 e. The van der Waals surface area contributed by atoms with Crippen LogP contribution in [-0.4, -0.2) is 54.3 Å². The molecule has 0 radical (unpaired) electrons. The number of para-hydroxylation sites is 1. The summed E-state index contributed by atoms with van der Waals surface area (Å²) in [6.07, 6.45) is -6.96. The number of halogens is 6. The number of nitrogens with zero attached hydrogens (tertiary/aromatic N) is 4. The lowest BCUT2D eigenvalue weighted by atomic mass is 9.79. The fourth-order valence-corrected chi connectivity index (χ4v) is 5.98. The highest BCUT2D eigenvalue weighted by molar-refractivity contribution is 7.22. The van der Waals surface area contributed by atoms with Crippen LogP contribution in [0.3, 0.4) is 0 Å². The molecule has 10 nitrogen and oxygen atoms in total. The number of aromatic nitrogens is 4. The molecule has 3 aromatic heterocycles. The van der Waals surface area contributed by atoms with Crippen LogP contribution in [0.2, 0.25) is 0 Å². The van der Waals surface area contributed by atoms with Crippen molar-refractivity contribution in [1.29, 1.82) is 0 Å². The Kier molecular flexibility index (Phi) is 9.17. The zero-order valence-electron chi connectivity index (χ0n) is 24.3. The predicted molar refractivity (Wildman–Crippen MR) is 156 cm³/mol. The number of carbonyl (C=O) groups is 1. The predicted octanol–water partition coefficient (Wildman–Crippen LogP) is 6.90. The van der Waals surface area contributed by atoms with Crippen LogP contribution in [0.1, 0.15) is 46.2 Å². The Morgan fingerprint density at radius 3 is 2.29 bits per heavy atom. The fraction of sp³-hybridized carbons (Fsp3) is 0.393. The molecule has 0 unspecified atom stereocenters. The average molecular weight is 658 g/mol. The third-order valence-electron chi connectivity index (χ3n) is 6.49. The molecular formula is C28H29F6N7O3S. The highest BCUT2D eigenvalue weighted by Gasteiger charge is 2.39. The Morgan fingerprint density at radius 1 is 1.04 bits per heavy atom. The van der Waals surface area contributed by atoms with E-state index in [0.29, 0.717) is 40.5 Å². The summed E-state index contributed by atoms with van der Waals surface area (Å²) < 4.78 is 79.4. The van der Waals surface area contributed by atoms with E-state index in [0.717, 1.165) is 10.8 Å². The van der Waals surface area contributed by atoms with Gasteiger partial charge in [0.2, 0.25) is 5.88 Å². The summed E-state index contributed by atoms with van der Waals surface area (Å²) in [6, 6.07) is 9.25. The molecule has 242 valence electrons. The molecule has 45 heavy (non-hydrogen) atoms. The number of aliphatic carboxylic acids is 1. The molecular weight excluding hydrogens is 628 g/mol. The molecule has 5 N–H and O–H groups in total. The first-order valence-corrected chi connectivity index (χ1v) is 14.1. The molecule has 0 atom stereocenters. The van der Waals surface area contributed by atoms with Gasteiger partial charge in [-0.2, -0.15) is 26.3 Å². The maximum atomic E-state index is 13.6. The molecule has 5 rings (SSSR count). The van der Waals surface area contributed by atoms with E-state index in [2.05, 4.69) is 58.3 Å². The quantitative estimate of drug-likeness (QED) is 0.167. The minimum atomic E-state index is -5.08. The number of anilines is 2. The van der Waals surface area contributed by atoms with Crippen molar-refractivity contribution in [3.8, 4) is 22.9 Å². The van der Waals surface area contributed by atoms with Crippen LogP contribution in [-0.2, 0) is 11.0 Å². The highest BCUT2D eigenvalue weighted by atomic mass is 32.1. The molecule has 0 spiro atoms. The Morgan fingerprint density at radius 2 is 1.69 bits per heavy atom. The van der Waals surface area contributed by atoms with Gasteiger partial charge < -0.3 is 26.2 Å². The minimum absolute atomic E-state index is 0.109. The Balaban J connectivity index is 0.000000591. The number of hydrogen-bond acceptors (Lipinski definition) is 10. The van der Waals surface area contributed by atoms with Crippen molar-refractivity contribution < 1.29 is 41.0 Å². The number of nitrogens with two attached hydrogens (primary N) is 1. The van der Waals surface area contributed by atoms with Crippen molar-refractivity contribution >= 4 is 38.5 Å². The first-order chi connectivity index (χ1) is 20.7. The summed E-state index contributed by atoms with van der Waals surface area (Å²) in [5.74, 6) is -1.97. The van der Waals surface area contributed by atoms with Gasteiger partial charge in [0.25, 0.3) is 0 Å². The van der Waals surface area contributed by atoms with Crippen LogP contribution < -0.4 is 21.1 Å². The second kappa shape index (κ2) is 12.3. The molecule has 0 aliphatic carbocycles. The summed E-state index contributed by atoms with van der Waals surface area (Å²) in [5, 5.41) is 14.4. The van der Waals surface area contributed by atoms with Gasteiger partial charge in [0.15, 0.2) is 10.9 Å². The van der Waals surface area contributed by atoms with Gasteiger partial charge in [-0.3, -0.25) is 0 Å². The summed E-state index contributed by atoms with van der Waals surface area (Å²) in [5.41, 5.74) is 5.84. The molecule has 4 aromatic rings. The smallest absolute Gasteiger partial charge is 0.475 e. The van der Waals surface area contributed by atoms with Gasteiger partial charge in [-0.15, -0.1) is 0 Å². The molecule has 1 aliphatic rings. The van der Waals surface area contributed by atoms with E-state index in [1.165, 1.54) is 23.7 Å². The number of rotatable bonds is 5. The lowest BCUT2D eigenvalue weighted by molar-refractivity contribution is -0.192. The van der Waals surface area contributed by atoms with Crippen LogP contribution in [0.4, 0.5) is 37.3 Å². The van der Waals surface area contributed by atoms with Crippen LogP contribution in [0, 0.1) is 0 Å². The highest BCUT2D eigenvalue weighted by Crippen LogP contribution is 2.37. The van der Waals surface area contributed by atoms with Crippen molar-refractivity contribution in [3.05, 3.63) is 48.4 Å². The number of hydrogen-bond donors (Lipinski definition) is 4. The van der Waals surface area contributed by atoms with Gasteiger partial charge >= 0.3 is 18.3 Å². The van der Waals surface area contributed by atoms with E-state index < -0.39 is 24.0 Å². The monoisotopic (exact) mass is 657 g/mol. The summed E-state index contributed by atoms with van der Waals surface area (Å²) >= 11 is 1.34. The number of nitrogens with one attached hydrogen (secondary N) is 2. The zero-order valence-corrected chi connectivity index (χ0v) is 25.2. The number of ether oxygens (including phenoxy) is 1. The van der Waals surface area contributed by atoms with Crippen molar-refractivity contribution in [2.45, 2.75) is 70.0 Å². The lowest BCUT2D eigenvalue weighted by Gasteiger charge is -2.46. The van der Waals surface area contributed by atoms with Crippen LogP contribution >= 0.6 is 11.3 Å². The standard InChI is InChI=1S/C26H28F3N7OS.C2HF3O2/c1-24(2)11-14(12-25(3,4)36-24)33-22-15(8-9-19(34-22)26(27,28)29)16-10-20(32-13-31-16)37-17-6-5-7-18-21(17)35-23(30)38-18;3-2(4,5)1(6)7/h5-10,13-14,36H,11-12H2,1-4H3,(H2,30,35)(H,33,34);(H,6,7). The third kappa shape index (κ3) is 8.69. The van der Waals surface area contributed by atoms with Crippen molar-refractivity contribution in [2.24, 2.45) is 0 Å². The summed E-state index contributed by atoms with van der Waals surface area (Å²) in [6.45, 7) is 8.31. The van der Waals surface area contributed by atoms with E-state index in [-0.39, 0.29) is 28.8 Å². The SMILES string of the molecule is CC1(C)CC(Nc2nc(C(F)(F)F)ccc2-c2cc(Oc3cccc4sc(N)nc34)ncn2)CC(C)(C)N1.O=C(O)C(F)(F)F. The van der Waals surface area contributed by atoms with Crippen LogP contribution in [0.5, 0.6) is 11.6 Å². The van der Waals surface area contributed by atoms with E-state index in [1.54, 1.807) is 12.1 Å². The molecule has 1 saturated heterocycles. The molecule has 17 heteroatoms. The van der Waals surface area contributed by atoms with Crippen molar-refractivity contribution in [1.82, 2.24) is 25.3 Å². The Bertz CT molecular complexity index is 1680. The van der Waals surface area contributed by atoms with Crippen LogP contribution in [0.25, 0.3) is 21.5 Å². The van der Waals surface area contributed by atoms with Crippen LogP contribution in [0.15, 0.2) is 42.7 Å². The van der Waals surface area contributed by atoms with Gasteiger partial charge in [0.1, 0.15) is 23.4 Å². The largest absolute Gasteiger partial charge is 0.490 e. The Hall–Kier alpha value is -4.25. The van der Waals surface area contributed by atoms with Gasteiger partial charge in [0, 0.05) is 28.7 Å². The van der Waals surface area contributed by atoms with E-state index in [1.807, 2.05) is 12.1 Å². The summed E-state index contributed by atoms with van der Waals surface area (Å²) in [4.78, 5) is 25.7. The van der Waals surface area contributed by atoms with E-state index >= 15 is 0 Å². The topological polar surface area (TPSA) is 148 Å². The maximum Gasteiger partial charge on any atom is 0.490 e. The number of pyridine rings is 1. The number of benzene rings is 1. The molecule has 0 saturated carbocycles. The number of carboxylic acids is 1. The number of alkyl halides is 6. The van der Waals surface area contributed by atoms with E-state index in [4.69, 9.17) is 20.4 Å². The number of nitrogen functional groups attached to an aromatic ring is 1. The molecule has 1 fully saturated rings. The normalized spacial score (nSPS) is 16.5. The second-order valence-corrected chi connectivity index (χ2v) is 12.6. The first kappa shape index (κ1) is 33.6. The third-order valence-corrected chi connectivity index (χ3v) is 7.34. The molecule has 0 amide bonds. The van der Waals surface area contributed by atoms with Crippen molar-refractivity contribution in [2.75, 3.05) is 11.1 Å². The molecule has 1 aliphatic heterocycles. The lowest BCUT2D eigenvalue weighted by Crippen LogP contribution is -2.60. The molecule has 1 aromatic carbocycles. The number of carboxylic acid groups (broad SMARTS) is 1. The van der Waals surface area contributed by atoms with Gasteiger partial charge in [-0.1, -0.05) is 17.4 Å². The molecule has 0 bridgehead atoms. The zero-order chi connectivity index (χ0) is 33.4. The number of thiazole rings is 1. The van der Waals surface area contributed by atoms with E-state index in [9.17, 15) is 26.3 Å². The number of fused-ring (bicyclic) bond motifs is 1. The maximum absolute atomic E-state index is 13.6. The number of piperidine rings is 1. The summed E-state index contributed by atoms with van der Waals surface area (Å²) in [7, 11) is 0. The molecule has 4 heterocycles. The Labute approximate surface area is 257 Å². The van der Waals surface area contributed by atoms with Gasteiger partial charge in [-0.05, 0) is 64.8 Å². The van der Waals surface area contributed by atoms with Gasteiger partial charge in [0.05, 0.1) is 10.4 Å². The first-order valence-electron chi connectivity index (χ1n) is 13.3. The van der Waals surface area contributed by atoms with Gasteiger partial charge in [-0.25, -0.2) is 24.7 Å². The average Bonchev–Trinajstić information content (AvgIpc) is 3.27. The van der Waals surface area contributed by atoms with Crippen molar-refractivity contribution in [3.63, 3.8) is 0 Å². The fourth-order valence-electron chi connectivity index (χ4n) is 5.23. The second-order valence-electron chi connectivity index (χ2n) is 11.5.